The fraction of sp³-hybridized carbons (Fsp3) is 0.0769. The molecule has 0 fully saturated rings. The van der Waals surface area contributed by atoms with Gasteiger partial charge < -0.3 is 15.5 Å². The smallest absolute Gasteiger partial charge is 0.205 e. The standard InChI is InChI=1S/C13H11N7O/c1-21-11-12(17-7-18-13(11)20-16)19-10-3-2-8(5-14)9(4-10)6-15/h2-4,7H,16H2,1H3,(H2,17,18,19,20). The predicted molar refractivity (Wildman–Crippen MR) is 75.5 cm³/mol. The molecular formula is C13H11N7O. The molecular weight excluding hydrogens is 270 g/mol. The molecule has 0 aliphatic rings. The van der Waals surface area contributed by atoms with E-state index in [1.165, 1.54) is 13.4 Å². The Kier molecular flexibility index (Phi) is 4.14. The first kappa shape index (κ1) is 14.1. The van der Waals surface area contributed by atoms with Crippen molar-refractivity contribution in [1.82, 2.24) is 9.97 Å². The Labute approximate surface area is 120 Å². The summed E-state index contributed by atoms with van der Waals surface area (Å²) in [6, 6.07) is 8.68. The second-order valence-electron chi connectivity index (χ2n) is 3.86. The molecule has 2 rings (SSSR count). The molecule has 8 heteroatoms. The lowest BCUT2D eigenvalue weighted by Gasteiger charge is -2.12. The highest BCUT2D eigenvalue weighted by Gasteiger charge is 2.12. The minimum absolute atomic E-state index is 0.271. The zero-order valence-electron chi connectivity index (χ0n) is 11.1. The van der Waals surface area contributed by atoms with Gasteiger partial charge in [0.15, 0.2) is 11.6 Å². The molecule has 0 amide bonds. The number of nitriles is 2. The minimum Gasteiger partial charge on any atom is -0.490 e. The minimum atomic E-state index is 0.271. The number of aromatic nitrogens is 2. The van der Waals surface area contributed by atoms with Gasteiger partial charge in [-0.05, 0) is 18.2 Å². The van der Waals surface area contributed by atoms with Crippen LogP contribution in [0.15, 0.2) is 24.5 Å². The molecule has 104 valence electrons. The number of nitrogens with one attached hydrogen (secondary N) is 2. The third-order valence-corrected chi connectivity index (χ3v) is 2.67. The Bertz CT molecular complexity index is 745. The number of nitrogens with two attached hydrogens (primary N) is 1. The van der Waals surface area contributed by atoms with Gasteiger partial charge in [-0.25, -0.2) is 15.8 Å². The van der Waals surface area contributed by atoms with Crippen LogP contribution in [0.5, 0.6) is 5.75 Å². The Morgan fingerprint density at radius 1 is 1.14 bits per heavy atom. The Morgan fingerprint density at radius 2 is 1.86 bits per heavy atom. The molecule has 0 saturated carbocycles. The molecule has 2 aromatic rings. The van der Waals surface area contributed by atoms with E-state index in [4.69, 9.17) is 21.1 Å². The van der Waals surface area contributed by atoms with Crippen LogP contribution in [-0.2, 0) is 0 Å². The van der Waals surface area contributed by atoms with E-state index in [2.05, 4.69) is 20.7 Å². The Morgan fingerprint density at radius 3 is 2.48 bits per heavy atom. The molecule has 0 aliphatic carbocycles. The van der Waals surface area contributed by atoms with Crippen LogP contribution in [0.25, 0.3) is 0 Å². The fourth-order valence-electron chi connectivity index (χ4n) is 1.71. The van der Waals surface area contributed by atoms with Gasteiger partial charge in [-0.3, -0.25) is 0 Å². The lowest BCUT2D eigenvalue weighted by Crippen LogP contribution is -2.11. The topological polar surface area (TPSA) is 133 Å². The van der Waals surface area contributed by atoms with E-state index in [0.29, 0.717) is 28.6 Å². The van der Waals surface area contributed by atoms with Crippen molar-refractivity contribution >= 4 is 17.3 Å². The molecule has 0 radical (unpaired) electrons. The van der Waals surface area contributed by atoms with E-state index < -0.39 is 0 Å². The monoisotopic (exact) mass is 281 g/mol. The third kappa shape index (κ3) is 2.81. The number of ether oxygens (including phenoxy) is 1. The van der Waals surface area contributed by atoms with Crippen molar-refractivity contribution in [3.05, 3.63) is 35.7 Å². The Hall–Kier alpha value is -3.36. The van der Waals surface area contributed by atoms with Gasteiger partial charge in [0, 0.05) is 5.69 Å². The maximum absolute atomic E-state index is 9.02. The van der Waals surface area contributed by atoms with E-state index in [9.17, 15) is 0 Å². The van der Waals surface area contributed by atoms with Gasteiger partial charge in [-0.15, -0.1) is 0 Å². The number of nitrogen functional groups attached to an aromatic ring is 1. The van der Waals surface area contributed by atoms with Crippen LogP contribution in [0.2, 0.25) is 0 Å². The summed E-state index contributed by atoms with van der Waals surface area (Å²) >= 11 is 0. The van der Waals surface area contributed by atoms with Gasteiger partial charge in [-0.2, -0.15) is 10.5 Å². The number of hydrogen-bond donors (Lipinski definition) is 3. The molecule has 0 unspecified atom stereocenters. The third-order valence-electron chi connectivity index (χ3n) is 2.67. The Balaban J connectivity index is 2.40. The van der Waals surface area contributed by atoms with Crippen LogP contribution in [-0.4, -0.2) is 17.1 Å². The maximum Gasteiger partial charge on any atom is 0.205 e. The highest BCUT2D eigenvalue weighted by Crippen LogP contribution is 2.30. The summed E-state index contributed by atoms with van der Waals surface area (Å²) in [5.74, 6) is 6.39. The van der Waals surface area contributed by atoms with Crippen LogP contribution in [0.1, 0.15) is 11.1 Å². The van der Waals surface area contributed by atoms with E-state index in [1.54, 1.807) is 18.2 Å². The summed E-state index contributed by atoms with van der Waals surface area (Å²) in [6.45, 7) is 0. The SMILES string of the molecule is COc1c(NN)ncnc1Nc1ccc(C#N)c(C#N)c1. The van der Waals surface area contributed by atoms with E-state index in [-0.39, 0.29) is 5.56 Å². The number of methoxy groups -OCH3 is 1. The van der Waals surface area contributed by atoms with Crippen molar-refractivity contribution in [2.45, 2.75) is 0 Å². The van der Waals surface area contributed by atoms with Gasteiger partial charge in [0.2, 0.25) is 5.75 Å². The molecule has 0 atom stereocenters. The van der Waals surface area contributed by atoms with E-state index >= 15 is 0 Å². The molecule has 8 nitrogen and oxygen atoms in total. The highest BCUT2D eigenvalue weighted by atomic mass is 16.5. The van der Waals surface area contributed by atoms with Crippen molar-refractivity contribution < 1.29 is 4.74 Å². The highest BCUT2D eigenvalue weighted by molar-refractivity contribution is 5.70. The average Bonchev–Trinajstić information content (AvgIpc) is 2.54. The van der Waals surface area contributed by atoms with Gasteiger partial charge in [0.05, 0.1) is 18.2 Å². The number of benzene rings is 1. The molecule has 0 spiro atoms. The van der Waals surface area contributed by atoms with Gasteiger partial charge in [0.1, 0.15) is 18.5 Å². The zero-order valence-corrected chi connectivity index (χ0v) is 11.1. The first-order chi connectivity index (χ1) is 10.2. The normalized spacial score (nSPS) is 9.33. The predicted octanol–water partition coefficient (Wildman–Crippen LogP) is 1.26. The number of nitrogens with zero attached hydrogens (tertiary/aromatic N) is 4. The summed E-state index contributed by atoms with van der Waals surface area (Å²) in [5, 5.41) is 20.9. The summed E-state index contributed by atoms with van der Waals surface area (Å²) in [6.07, 6.45) is 1.31. The lowest BCUT2D eigenvalue weighted by atomic mass is 10.1. The summed E-state index contributed by atoms with van der Waals surface area (Å²) in [5.41, 5.74) is 3.57. The number of rotatable bonds is 4. The molecule has 0 bridgehead atoms. The summed E-state index contributed by atoms with van der Waals surface area (Å²) in [4.78, 5) is 7.98. The summed E-state index contributed by atoms with van der Waals surface area (Å²) < 4.78 is 5.19. The first-order valence-electron chi connectivity index (χ1n) is 5.80. The van der Waals surface area contributed by atoms with Crippen molar-refractivity contribution in [2.75, 3.05) is 17.9 Å². The molecule has 1 aromatic heterocycles. The van der Waals surface area contributed by atoms with Gasteiger partial charge >= 0.3 is 0 Å². The van der Waals surface area contributed by atoms with Crippen LogP contribution in [0.4, 0.5) is 17.3 Å². The average molecular weight is 281 g/mol. The number of hydrogen-bond acceptors (Lipinski definition) is 8. The van der Waals surface area contributed by atoms with Crippen molar-refractivity contribution in [3.63, 3.8) is 0 Å². The number of anilines is 3. The quantitative estimate of drug-likeness (QED) is 0.563. The van der Waals surface area contributed by atoms with E-state index in [1.807, 2.05) is 12.1 Å². The summed E-state index contributed by atoms with van der Waals surface area (Å²) in [7, 11) is 1.46. The second-order valence-corrected chi connectivity index (χ2v) is 3.86. The lowest BCUT2D eigenvalue weighted by molar-refractivity contribution is 0.415. The molecule has 0 saturated heterocycles. The van der Waals surface area contributed by atoms with E-state index in [0.717, 1.165) is 0 Å². The van der Waals surface area contributed by atoms with Crippen LogP contribution < -0.4 is 21.3 Å². The molecule has 1 aromatic carbocycles. The zero-order chi connectivity index (χ0) is 15.2. The van der Waals surface area contributed by atoms with Crippen LogP contribution >= 0.6 is 0 Å². The van der Waals surface area contributed by atoms with Gasteiger partial charge in [0.25, 0.3) is 0 Å². The van der Waals surface area contributed by atoms with Crippen molar-refractivity contribution in [1.29, 1.82) is 10.5 Å². The van der Waals surface area contributed by atoms with Crippen LogP contribution in [0.3, 0.4) is 0 Å². The van der Waals surface area contributed by atoms with Crippen molar-refractivity contribution in [3.8, 4) is 17.9 Å². The number of hydrazine groups is 1. The molecule has 21 heavy (non-hydrogen) atoms. The molecule has 0 aliphatic heterocycles. The largest absolute Gasteiger partial charge is 0.490 e. The fourth-order valence-corrected chi connectivity index (χ4v) is 1.71. The second kappa shape index (κ2) is 6.19. The molecule has 4 N–H and O–H groups in total. The van der Waals surface area contributed by atoms with Gasteiger partial charge in [-0.1, -0.05) is 0 Å². The maximum atomic E-state index is 9.02. The molecule has 1 heterocycles. The van der Waals surface area contributed by atoms with Crippen LogP contribution in [0, 0.1) is 22.7 Å². The van der Waals surface area contributed by atoms with Crippen molar-refractivity contribution in [2.24, 2.45) is 5.84 Å². The first-order valence-corrected chi connectivity index (χ1v) is 5.80.